The molecule has 6 nitrogen and oxygen atoms in total. The molecule has 1 atom stereocenters. The molecule has 4 aromatic rings. The van der Waals surface area contributed by atoms with Gasteiger partial charge >= 0.3 is 0 Å². The van der Waals surface area contributed by atoms with Gasteiger partial charge in [-0.15, -0.1) is 0 Å². The van der Waals surface area contributed by atoms with Gasteiger partial charge in [-0.25, -0.2) is 0 Å². The number of aromatic nitrogens is 1. The first-order valence-electron chi connectivity index (χ1n) is 14.5. The van der Waals surface area contributed by atoms with Gasteiger partial charge in [-0.1, -0.05) is 55.5 Å². The lowest BCUT2D eigenvalue weighted by Gasteiger charge is -2.27. The molecule has 0 fully saturated rings. The maximum atomic E-state index is 13.1. The third-order valence-electron chi connectivity index (χ3n) is 8.61. The predicted octanol–water partition coefficient (Wildman–Crippen LogP) is 5.50. The van der Waals surface area contributed by atoms with Crippen molar-refractivity contribution in [3.05, 3.63) is 129 Å². The molecule has 0 amide bonds. The number of methoxy groups -OCH3 is 2. The van der Waals surface area contributed by atoms with Crippen molar-refractivity contribution in [1.82, 2.24) is 4.98 Å². The Morgan fingerprint density at radius 1 is 0.953 bits per heavy atom. The number of aliphatic hydroxyl groups excluding tert-OH is 2. The molecule has 1 unspecified atom stereocenters. The molecule has 0 bridgehead atoms. The third-order valence-corrected chi connectivity index (χ3v) is 8.61. The average Bonchev–Trinajstić information content (AvgIpc) is 3.51. The summed E-state index contributed by atoms with van der Waals surface area (Å²) in [4.78, 5) is 16.3. The molecule has 3 aliphatic rings. The zero-order valence-electron chi connectivity index (χ0n) is 24.6. The summed E-state index contributed by atoms with van der Waals surface area (Å²) in [5.74, 6) is 1.39. The maximum Gasteiger partial charge on any atom is 0.190 e. The number of hydrogen-bond acceptors (Lipinski definition) is 5. The standard InChI is InChI=1S/C29H28O5.C8H7N/c1-16-10-17-5-7-22-21(24(17)12-19(16)15-30)8-9-23-25(26(31)14-27(32)29(22)23)11-18-4-6-20(33-2)13-28(18)34-3;1-2-4-8-7(3-1)5-6-9-8/h4,6,8-10,12-14,16,30-31H,5,7,11,15H2,1-3H3;1-6,9H. The van der Waals surface area contributed by atoms with E-state index in [0.717, 1.165) is 45.6 Å². The molecular formula is C37H35NO5. The fraction of sp³-hybridized carbons (Fsp3) is 0.216. The number of fused-ring (bicyclic) bond motifs is 5. The van der Waals surface area contributed by atoms with Crippen molar-refractivity contribution in [2.75, 3.05) is 20.8 Å². The van der Waals surface area contributed by atoms with Crippen molar-refractivity contribution in [1.29, 1.82) is 0 Å². The molecule has 7 rings (SSSR count). The number of allylic oxidation sites excluding steroid dienone is 5. The van der Waals surface area contributed by atoms with Gasteiger partial charge in [-0.3, -0.25) is 4.79 Å². The van der Waals surface area contributed by atoms with Crippen molar-refractivity contribution in [3.8, 4) is 11.5 Å². The molecule has 218 valence electrons. The molecule has 3 N–H and O–H groups in total. The fourth-order valence-corrected chi connectivity index (χ4v) is 6.31. The number of ketones is 1. The molecule has 0 saturated carbocycles. The second-order valence-corrected chi connectivity index (χ2v) is 11.1. The second kappa shape index (κ2) is 11.8. The number of hydrogen-bond donors (Lipinski definition) is 3. The number of carbonyl (C=O) groups excluding carboxylic acids is 1. The first-order chi connectivity index (χ1) is 20.9. The first kappa shape index (κ1) is 28.3. The minimum atomic E-state index is -0.168. The number of H-pyrrole nitrogens is 1. The number of aromatic amines is 1. The summed E-state index contributed by atoms with van der Waals surface area (Å²) in [5, 5.41) is 23.7. The maximum absolute atomic E-state index is 13.1. The minimum absolute atomic E-state index is 0.00618. The van der Waals surface area contributed by atoms with Gasteiger partial charge in [0.1, 0.15) is 17.3 Å². The lowest BCUT2D eigenvalue weighted by atomic mass is 9.77. The van der Waals surface area contributed by atoms with Crippen LogP contribution < -0.4 is 19.9 Å². The molecule has 1 aromatic heterocycles. The van der Waals surface area contributed by atoms with Crippen LogP contribution in [-0.2, 0) is 12.8 Å². The number of nitrogens with one attached hydrogen (secondary N) is 1. The third kappa shape index (κ3) is 5.30. The lowest BCUT2D eigenvalue weighted by Crippen LogP contribution is -2.33. The molecule has 43 heavy (non-hydrogen) atoms. The van der Waals surface area contributed by atoms with Crippen LogP contribution in [0.25, 0.3) is 22.0 Å². The molecule has 0 radical (unpaired) electrons. The van der Waals surface area contributed by atoms with E-state index in [2.05, 4.69) is 48.3 Å². The van der Waals surface area contributed by atoms with Gasteiger partial charge < -0.3 is 24.7 Å². The van der Waals surface area contributed by atoms with Crippen molar-refractivity contribution < 1.29 is 24.5 Å². The van der Waals surface area contributed by atoms with E-state index in [0.29, 0.717) is 29.1 Å². The Kier molecular flexibility index (Phi) is 7.78. The smallest absolute Gasteiger partial charge is 0.190 e. The van der Waals surface area contributed by atoms with Gasteiger partial charge in [0.15, 0.2) is 5.78 Å². The van der Waals surface area contributed by atoms with Gasteiger partial charge in [0, 0.05) is 41.4 Å². The predicted molar refractivity (Wildman–Crippen MR) is 170 cm³/mol. The first-order valence-corrected chi connectivity index (χ1v) is 14.5. The van der Waals surface area contributed by atoms with Crippen LogP contribution in [0.5, 0.6) is 11.5 Å². The van der Waals surface area contributed by atoms with E-state index in [4.69, 9.17) is 9.47 Å². The van der Waals surface area contributed by atoms with E-state index in [-0.39, 0.29) is 24.1 Å². The van der Waals surface area contributed by atoms with Crippen LogP contribution in [0.15, 0.2) is 102 Å². The Hall–Kier alpha value is -4.81. The highest BCUT2D eigenvalue weighted by atomic mass is 16.5. The van der Waals surface area contributed by atoms with E-state index < -0.39 is 0 Å². The molecule has 0 saturated heterocycles. The minimum Gasteiger partial charge on any atom is -0.507 e. The summed E-state index contributed by atoms with van der Waals surface area (Å²) in [5.41, 5.74) is 7.83. The summed E-state index contributed by atoms with van der Waals surface area (Å²) in [6, 6.07) is 19.9. The number of aliphatic hydroxyl groups is 2. The average molecular weight is 574 g/mol. The summed E-state index contributed by atoms with van der Waals surface area (Å²) in [6.07, 6.45) is 9.63. The number of para-hydroxylation sites is 1. The molecule has 1 heterocycles. The number of benzene rings is 3. The van der Waals surface area contributed by atoms with Gasteiger partial charge in [0.05, 0.1) is 20.8 Å². The van der Waals surface area contributed by atoms with Crippen molar-refractivity contribution >= 4 is 27.8 Å². The van der Waals surface area contributed by atoms with Gasteiger partial charge in [0.25, 0.3) is 0 Å². The normalized spacial score (nSPS) is 17.1. The molecule has 3 aliphatic carbocycles. The highest BCUT2D eigenvalue weighted by molar-refractivity contribution is 6.10. The zero-order chi connectivity index (χ0) is 30.1. The van der Waals surface area contributed by atoms with E-state index >= 15 is 0 Å². The van der Waals surface area contributed by atoms with Crippen LogP contribution in [0.3, 0.4) is 0 Å². The van der Waals surface area contributed by atoms with Crippen molar-refractivity contribution in [2.45, 2.75) is 26.2 Å². The second-order valence-electron chi connectivity index (χ2n) is 11.1. The quantitative estimate of drug-likeness (QED) is 0.294. The van der Waals surface area contributed by atoms with E-state index in [1.165, 1.54) is 22.6 Å². The summed E-state index contributed by atoms with van der Waals surface area (Å²) < 4.78 is 10.9. The Labute approximate surface area is 250 Å². The van der Waals surface area contributed by atoms with Crippen LogP contribution in [-0.4, -0.2) is 41.8 Å². The molecule has 0 spiro atoms. The Morgan fingerprint density at radius 3 is 2.53 bits per heavy atom. The Morgan fingerprint density at radius 2 is 1.77 bits per heavy atom. The largest absolute Gasteiger partial charge is 0.507 e. The summed E-state index contributed by atoms with van der Waals surface area (Å²) in [7, 11) is 3.21. The van der Waals surface area contributed by atoms with Crippen molar-refractivity contribution in [2.24, 2.45) is 5.92 Å². The fourth-order valence-electron chi connectivity index (χ4n) is 6.31. The molecular weight excluding hydrogens is 538 g/mol. The van der Waals surface area contributed by atoms with Gasteiger partial charge in [0.2, 0.25) is 0 Å². The number of ether oxygens (including phenoxy) is 2. The van der Waals surface area contributed by atoms with Gasteiger partial charge in [-0.05, 0) is 80.6 Å². The van der Waals surface area contributed by atoms with E-state index in [1.54, 1.807) is 14.2 Å². The SMILES string of the molecule is COc1ccc(CC2=c3ccc4c(c3C(=O)C=C2O)CCC2=CC(C)C(CO)=CC=42)c(OC)c1.c1ccc2[nH]ccc2c1. The van der Waals surface area contributed by atoms with Crippen LogP contribution in [0, 0.1) is 5.92 Å². The highest BCUT2D eigenvalue weighted by Crippen LogP contribution is 2.34. The van der Waals surface area contributed by atoms with Crippen LogP contribution in [0.4, 0.5) is 0 Å². The summed E-state index contributed by atoms with van der Waals surface area (Å²) >= 11 is 0. The molecule has 3 aromatic carbocycles. The number of carbonyl (C=O) groups is 1. The Bertz CT molecular complexity index is 1930. The van der Waals surface area contributed by atoms with Crippen molar-refractivity contribution in [3.63, 3.8) is 0 Å². The molecule has 0 aliphatic heterocycles. The number of rotatable bonds is 5. The topological polar surface area (TPSA) is 91.8 Å². The summed E-state index contributed by atoms with van der Waals surface area (Å²) in [6.45, 7) is 2.12. The monoisotopic (exact) mass is 573 g/mol. The van der Waals surface area contributed by atoms with Crippen LogP contribution in [0.2, 0.25) is 0 Å². The van der Waals surface area contributed by atoms with E-state index in [9.17, 15) is 15.0 Å². The lowest BCUT2D eigenvalue weighted by molar-refractivity contribution is 0.104. The van der Waals surface area contributed by atoms with Crippen LogP contribution in [0.1, 0.15) is 34.8 Å². The van der Waals surface area contributed by atoms with E-state index in [1.807, 2.05) is 42.6 Å². The zero-order valence-corrected chi connectivity index (χ0v) is 24.6. The molecule has 6 heteroatoms. The highest BCUT2D eigenvalue weighted by Gasteiger charge is 2.27. The van der Waals surface area contributed by atoms with Crippen LogP contribution >= 0.6 is 0 Å². The Balaban J connectivity index is 0.000000310. The van der Waals surface area contributed by atoms with Gasteiger partial charge in [-0.2, -0.15) is 0 Å².